The van der Waals surface area contributed by atoms with E-state index in [0.717, 1.165) is 0 Å². The highest BCUT2D eigenvalue weighted by Crippen LogP contribution is 2.34. The van der Waals surface area contributed by atoms with E-state index >= 15 is 0 Å². The van der Waals surface area contributed by atoms with Gasteiger partial charge in [-0.3, -0.25) is 4.98 Å². The normalized spacial score (nSPS) is 14.0. The fourth-order valence-corrected chi connectivity index (χ4v) is 2.30. The summed E-state index contributed by atoms with van der Waals surface area (Å²) in [4.78, 5) is 4.12. The number of benzene rings is 1. The second-order valence-corrected chi connectivity index (χ2v) is 5.30. The summed E-state index contributed by atoms with van der Waals surface area (Å²) >= 11 is 0. The first-order valence-corrected chi connectivity index (χ1v) is 7.06. The van der Waals surface area contributed by atoms with Gasteiger partial charge in [-0.2, -0.15) is 0 Å². The average molecular weight is 289 g/mol. The van der Waals surface area contributed by atoms with Gasteiger partial charge >= 0.3 is 0 Å². The van der Waals surface area contributed by atoms with Crippen molar-refractivity contribution in [3.63, 3.8) is 0 Å². The highest BCUT2D eigenvalue weighted by molar-refractivity contribution is 5.37. The molecule has 0 aliphatic carbocycles. The topological polar surface area (TPSA) is 42.4 Å². The zero-order chi connectivity index (χ0) is 15.5. The maximum absolute atomic E-state index is 13.4. The molecule has 4 heteroatoms. The molecule has 0 fully saturated rings. The molecule has 0 saturated heterocycles. The summed E-state index contributed by atoms with van der Waals surface area (Å²) in [5.41, 5.74) is -0.187. The van der Waals surface area contributed by atoms with Crippen molar-refractivity contribution >= 4 is 0 Å². The molecule has 3 nitrogen and oxygen atoms in total. The van der Waals surface area contributed by atoms with Crippen LogP contribution in [-0.4, -0.2) is 16.2 Å². The summed E-state index contributed by atoms with van der Waals surface area (Å²) in [5, 5.41) is 11.0. The van der Waals surface area contributed by atoms with Crippen LogP contribution in [0.1, 0.15) is 38.3 Å². The fourth-order valence-electron chi connectivity index (χ4n) is 2.30. The maximum Gasteiger partial charge on any atom is 0.138 e. The zero-order valence-electron chi connectivity index (χ0n) is 12.5. The Labute approximate surface area is 124 Å². The highest BCUT2D eigenvalue weighted by Gasteiger charge is 2.30. The number of pyridine rings is 1. The lowest BCUT2D eigenvalue weighted by molar-refractivity contribution is 0.0753. The Bertz CT molecular complexity index is 615. The molecule has 0 saturated carbocycles. The molecule has 2 aromatic rings. The van der Waals surface area contributed by atoms with Gasteiger partial charge < -0.3 is 9.84 Å². The molecule has 1 aromatic heterocycles. The monoisotopic (exact) mass is 289 g/mol. The van der Waals surface area contributed by atoms with Crippen LogP contribution in [0.25, 0.3) is 0 Å². The van der Waals surface area contributed by atoms with Crippen LogP contribution in [-0.2, 0) is 5.60 Å². The van der Waals surface area contributed by atoms with Crippen molar-refractivity contribution in [2.24, 2.45) is 0 Å². The second kappa shape index (κ2) is 6.22. The summed E-state index contributed by atoms with van der Waals surface area (Å²) in [6.45, 7) is 5.69. The number of aliphatic hydroxyl groups is 1. The Morgan fingerprint density at radius 3 is 2.62 bits per heavy atom. The predicted molar refractivity (Wildman–Crippen MR) is 79.7 cm³/mol. The summed E-state index contributed by atoms with van der Waals surface area (Å²) in [5.74, 6) is 0.215. The van der Waals surface area contributed by atoms with Gasteiger partial charge in [0.1, 0.15) is 17.2 Å². The Hall–Kier alpha value is -1.94. The van der Waals surface area contributed by atoms with Gasteiger partial charge in [-0.25, -0.2) is 4.39 Å². The number of rotatable bonds is 5. The molecule has 0 spiro atoms. The number of halogens is 1. The van der Waals surface area contributed by atoms with E-state index in [4.69, 9.17) is 4.74 Å². The first kappa shape index (κ1) is 15.4. The zero-order valence-corrected chi connectivity index (χ0v) is 12.5. The molecule has 1 heterocycles. The number of hydrogen-bond donors (Lipinski definition) is 1. The molecule has 1 aromatic carbocycles. The quantitative estimate of drug-likeness (QED) is 0.913. The van der Waals surface area contributed by atoms with E-state index in [0.29, 0.717) is 23.3 Å². The van der Waals surface area contributed by atoms with Gasteiger partial charge in [0, 0.05) is 11.8 Å². The number of hydrogen-bond acceptors (Lipinski definition) is 3. The molecular weight excluding hydrogens is 269 g/mol. The van der Waals surface area contributed by atoms with Crippen LogP contribution in [0.2, 0.25) is 0 Å². The lowest BCUT2D eigenvalue weighted by atomic mass is 9.85. The van der Waals surface area contributed by atoms with Crippen molar-refractivity contribution < 1.29 is 14.2 Å². The Kier molecular flexibility index (Phi) is 4.58. The third kappa shape index (κ3) is 3.39. The Balaban J connectivity index is 2.45. The SMILES string of the molecule is CCC(O)(c1cccc(F)c1)c1cncc(OC(C)C)c1. The lowest BCUT2D eigenvalue weighted by Gasteiger charge is -2.28. The van der Waals surface area contributed by atoms with Crippen molar-refractivity contribution in [2.45, 2.75) is 38.9 Å². The molecule has 1 atom stereocenters. The van der Waals surface area contributed by atoms with Crippen molar-refractivity contribution in [3.05, 3.63) is 59.7 Å². The van der Waals surface area contributed by atoms with Gasteiger partial charge in [0.2, 0.25) is 0 Å². The van der Waals surface area contributed by atoms with Crippen LogP contribution in [0.3, 0.4) is 0 Å². The van der Waals surface area contributed by atoms with Crippen LogP contribution in [0.4, 0.5) is 4.39 Å². The summed E-state index contributed by atoms with van der Waals surface area (Å²) < 4.78 is 19.1. The minimum atomic E-state index is -1.29. The van der Waals surface area contributed by atoms with E-state index in [2.05, 4.69) is 4.98 Å². The average Bonchev–Trinajstić information content (AvgIpc) is 2.46. The van der Waals surface area contributed by atoms with Crippen LogP contribution in [0, 0.1) is 5.82 Å². The minimum Gasteiger partial charge on any atom is -0.489 e. The van der Waals surface area contributed by atoms with Gasteiger partial charge in [0.25, 0.3) is 0 Å². The molecule has 1 N–H and O–H groups in total. The van der Waals surface area contributed by atoms with Crippen molar-refractivity contribution in [1.82, 2.24) is 4.98 Å². The van der Waals surface area contributed by atoms with E-state index in [1.54, 1.807) is 30.6 Å². The third-order valence-electron chi connectivity index (χ3n) is 3.38. The summed E-state index contributed by atoms with van der Waals surface area (Å²) in [7, 11) is 0. The van der Waals surface area contributed by atoms with Gasteiger partial charge in [-0.1, -0.05) is 19.1 Å². The molecule has 0 aliphatic heterocycles. The summed E-state index contributed by atoms with van der Waals surface area (Å²) in [6, 6.07) is 7.76. The van der Waals surface area contributed by atoms with E-state index in [-0.39, 0.29) is 11.9 Å². The lowest BCUT2D eigenvalue weighted by Crippen LogP contribution is -2.26. The molecule has 1 unspecified atom stereocenters. The predicted octanol–water partition coefficient (Wildman–Crippen LogP) is 3.65. The Morgan fingerprint density at radius 2 is 2.00 bits per heavy atom. The molecule has 2 rings (SSSR count). The highest BCUT2D eigenvalue weighted by atomic mass is 19.1. The fraction of sp³-hybridized carbons (Fsp3) is 0.353. The molecule has 0 amide bonds. The maximum atomic E-state index is 13.4. The first-order chi connectivity index (χ1) is 9.95. The smallest absolute Gasteiger partial charge is 0.138 e. The minimum absolute atomic E-state index is 0.0194. The Morgan fingerprint density at radius 1 is 1.24 bits per heavy atom. The first-order valence-electron chi connectivity index (χ1n) is 7.06. The second-order valence-electron chi connectivity index (χ2n) is 5.30. The molecule has 112 valence electrons. The van der Waals surface area contributed by atoms with Crippen LogP contribution in [0.5, 0.6) is 5.75 Å². The van der Waals surface area contributed by atoms with E-state index in [9.17, 15) is 9.50 Å². The van der Waals surface area contributed by atoms with Crippen LogP contribution >= 0.6 is 0 Å². The van der Waals surface area contributed by atoms with Gasteiger partial charge in [0.05, 0.1) is 12.3 Å². The number of ether oxygens (including phenoxy) is 1. The largest absolute Gasteiger partial charge is 0.489 e. The number of aromatic nitrogens is 1. The van der Waals surface area contributed by atoms with Crippen LogP contribution < -0.4 is 4.74 Å². The van der Waals surface area contributed by atoms with Crippen molar-refractivity contribution in [1.29, 1.82) is 0 Å². The van der Waals surface area contributed by atoms with Crippen LogP contribution in [0.15, 0.2) is 42.7 Å². The number of nitrogens with zero attached hydrogens (tertiary/aromatic N) is 1. The van der Waals surface area contributed by atoms with Gasteiger partial charge in [-0.05, 0) is 44.0 Å². The van der Waals surface area contributed by atoms with Crippen molar-refractivity contribution in [3.8, 4) is 5.75 Å². The molecule has 21 heavy (non-hydrogen) atoms. The van der Waals surface area contributed by atoms with E-state index in [1.165, 1.54) is 12.1 Å². The van der Waals surface area contributed by atoms with Gasteiger partial charge in [0.15, 0.2) is 0 Å². The van der Waals surface area contributed by atoms with Gasteiger partial charge in [-0.15, -0.1) is 0 Å². The molecular formula is C17H20FNO2. The van der Waals surface area contributed by atoms with E-state index in [1.807, 2.05) is 20.8 Å². The summed E-state index contributed by atoms with van der Waals surface area (Å²) in [6.07, 6.45) is 3.61. The molecule has 0 aliphatic rings. The van der Waals surface area contributed by atoms with E-state index < -0.39 is 5.60 Å². The third-order valence-corrected chi connectivity index (χ3v) is 3.38. The molecule has 0 bridgehead atoms. The standard InChI is InChI=1S/C17H20FNO2/c1-4-17(20,13-6-5-7-15(18)8-13)14-9-16(11-19-10-14)21-12(2)3/h5-12,20H,4H2,1-3H3. The molecule has 0 radical (unpaired) electrons. The van der Waals surface area contributed by atoms with Crippen molar-refractivity contribution in [2.75, 3.05) is 0 Å².